The van der Waals surface area contributed by atoms with Gasteiger partial charge in [0.05, 0.1) is 6.61 Å². The average molecular weight is 268 g/mol. The van der Waals surface area contributed by atoms with Crippen LogP contribution in [0.15, 0.2) is 0 Å². The van der Waals surface area contributed by atoms with E-state index in [0.717, 1.165) is 18.6 Å². The van der Waals surface area contributed by atoms with Crippen molar-refractivity contribution in [3.05, 3.63) is 0 Å². The van der Waals surface area contributed by atoms with Gasteiger partial charge in [-0.05, 0) is 32.1 Å². The number of hydrogen-bond donors (Lipinski definition) is 1. The number of nitrogens with zero attached hydrogens (tertiary/aromatic N) is 1. The number of piperazine rings is 1. The first-order valence-corrected chi connectivity index (χ1v) is 8.24. The van der Waals surface area contributed by atoms with Gasteiger partial charge in [-0.3, -0.25) is 4.90 Å². The Balaban J connectivity index is 2.00. The topological polar surface area (TPSA) is 24.5 Å². The number of methoxy groups -OCH3 is 1. The Bertz CT molecular complexity index is 253. The van der Waals surface area contributed by atoms with Gasteiger partial charge in [0.1, 0.15) is 0 Å². The summed E-state index contributed by atoms with van der Waals surface area (Å²) in [6, 6.07) is 1.94. The van der Waals surface area contributed by atoms with E-state index >= 15 is 0 Å². The lowest BCUT2D eigenvalue weighted by atomic mass is 9.81. The third-order valence-corrected chi connectivity index (χ3v) is 5.13. The highest BCUT2D eigenvalue weighted by Crippen LogP contribution is 2.31. The molecule has 0 radical (unpaired) electrons. The molecule has 2 fully saturated rings. The van der Waals surface area contributed by atoms with Gasteiger partial charge in [0.15, 0.2) is 0 Å². The molecule has 112 valence electrons. The van der Waals surface area contributed by atoms with E-state index in [2.05, 4.69) is 24.1 Å². The monoisotopic (exact) mass is 268 g/mol. The molecule has 1 saturated carbocycles. The van der Waals surface area contributed by atoms with Crippen molar-refractivity contribution < 1.29 is 4.74 Å². The number of nitrogens with one attached hydrogen (secondary N) is 1. The van der Waals surface area contributed by atoms with Crippen molar-refractivity contribution >= 4 is 0 Å². The van der Waals surface area contributed by atoms with Crippen molar-refractivity contribution in [2.24, 2.45) is 5.92 Å². The van der Waals surface area contributed by atoms with Gasteiger partial charge < -0.3 is 10.1 Å². The predicted octanol–water partition coefficient (Wildman–Crippen LogP) is 2.65. The van der Waals surface area contributed by atoms with Crippen molar-refractivity contribution in [2.75, 3.05) is 26.8 Å². The molecule has 1 aliphatic carbocycles. The second-order valence-electron chi connectivity index (χ2n) is 6.48. The smallest absolute Gasteiger partial charge is 0.0615 e. The van der Waals surface area contributed by atoms with E-state index in [1.54, 1.807) is 0 Å². The van der Waals surface area contributed by atoms with Crippen LogP contribution < -0.4 is 5.32 Å². The van der Waals surface area contributed by atoms with E-state index < -0.39 is 0 Å². The second kappa shape index (κ2) is 7.61. The minimum absolute atomic E-state index is 0.549. The SMILES string of the molecule is CCC1CN(C(C)COC)C(C2CCCCC2)CN1. The molecule has 0 bridgehead atoms. The third kappa shape index (κ3) is 3.93. The van der Waals surface area contributed by atoms with E-state index in [0.29, 0.717) is 12.1 Å². The van der Waals surface area contributed by atoms with Crippen LogP contribution in [-0.2, 0) is 4.74 Å². The maximum absolute atomic E-state index is 5.40. The first-order valence-electron chi connectivity index (χ1n) is 8.24. The van der Waals surface area contributed by atoms with Crippen molar-refractivity contribution in [2.45, 2.75) is 70.5 Å². The highest BCUT2D eigenvalue weighted by molar-refractivity contribution is 4.92. The van der Waals surface area contributed by atoms with Gasteiger partial charge >= 0.3 is 0 Å². The summed E-state index contributed by atoms with van der Waals surface area (Å²) in [4.78, 5) is 2.74. The zero-order valence-corrected chi connectivity index (χ0v) is 13.0. The van der Waals surface area contributed by atoms with Crippen LogP contribution >= 0.6 is 0 Å². The van der Waals surface area contributed by atoms with Crippen LogP contribution in [0.4, 0.5) is 0 Å². The summed E-state index contributed by atoms with van der Waals surface area (Å²) in [6.07, 6.45) is 8.41. The summed E-state index contributed by atoms with van der Waals surface area (Å²) in [5.74, 6) is 0.901. The zero-order chi connectivity index (χ0) is 13.7. The molecule has 1 saturated heterocycles. The molecule has 2 aliphatic rings. The summed E-state index contributed by atoms with van der Waals surface area (Å²) in [7, 11) is 1.83. The quantitative estimate of drug-likeness (QED) is 0.829. The van der Waals surface area contributed by atoms with Crippen LogP contribution in [0.3, 0.4) is 0 Å². The van der Waals surface area contributed by atoms with Gasteiger partial charge in [-0.15, -0.1) is 0 Å². The van der Waals surface area contributed by atoms with Crippen LogP contribution in [0.25, 0.3) is 0 Å². The normalized spacial score (nSPS) is 32.4. The number of hydrogen-bond acceptors (Lipinski definition) is 3. The molecule has 3 atom stereocenters. The summed E-state index contributed by atoms with van der Waals surface area (Å²) in [5, 5.41) is 3.76. The lowest BCUT2D eigenvalue weighted by Crippen LogP contribution is -2.61. The Kier molecular flexibility index (Phi) is 6.11. The Morgan fingerprint density at radius 2 is 2.00 bits per heavy atom. The Morgan fingerprint density at radius 3 is 2.63 bits per heavy atom. The minimum Gasteiger partial charge on any atom is -0.383 e. The van der Waals surface area contributed by atoms with Gasteiger partial charge in [-0.25, -0.2) is 0 Å². The van der Waals surface area contributed by atoms with Gasteiger partial charge in [0.2, 0.25) is 0 Å². The number of ether oxygens (including phenoxy) is 1. The third-order valence-electron chi connectivity index (χ3n) is 5.13. The van der Waals surface area contributed by atoms with E-state index in [9.17, 15) is 0 Å². The lowest BCUT2D eigenvalue weighted by molar-refractivity contribution is 0.00994. The van der Waals surface area contributed by atoms with Crippen molar-refractivity contribution in [1.29, 1.82) is 0 Å². The molecule has 0 aromatic carbocycles. The van der Waals surface area contributed by atoms with E-state index in [-0.39, 0.29) is 0 Å². The van der Waals surface area contributed by atoms with Crippen LogP contribution in [0.1, 0.15) is 52.4 Å². The predicted molar refractivity (Wildman–Crippen MR) is 80.5 cm³/mol. The summed E-state index contributed by atoms with van der Waals surface area (Å²) < 4.78 is 5.40. The zero-order valence-electron chi connectivity index (χ0n) is 13.0. The Morgan fingerprint density at radius 1 is 1.26 bits per heavy atom. The fourth-order valence-corrected chi connectivity index (χ4v) is 3.93. The molecule has 0 aromatic rings. The molecule has 1 heterocycles. The molecular formula is C16H32N2O. The Labute approximate surface area is 119 Å². The maximum atomic E-state index is 5.40. The molecule has 1 aliphatic heterocycles. The highest BCUT2D eigenvalue weighted by atomic mass is 16.5. The molecule has 1 N–H and O–H groups in total. The molecule has 2 rings (SSSR count). The van der Waals surface area contributed by atoms with E-state index in [4.69, 9.17) is 4.74 Å². The Hall–Kier alpha value is -0.120. The molecule has 3 nitrogen and oxygen atoms in total. The van der Waals surface area contributed by atoms with Crippen LogP contribution in [0.2, 0.25) is 0 Å². The first-order chi connectivity index (χ1) is 9.26. The largest absolute Gasteiger partial charge is 0.383 e. The standard InChI is InChI=1S/C16H32N2O/c1-4-15-11-18(13(2)12-19-3)16(10-17-15)14-8-6-5-7-9-14/h13-17H,4-12H2,1-3H3. The van der Waals surface area contributed by atoms with Crippen LogP contribution in [-0.4, -0.2) is 49.8 Å². The van der Waals surface area contributed by atoms with E-state index in [1.807, 2.05) is 7.11 Å². The van der Waals surface area contributed by atoms with Crippen LogP contribution in [0.5, 0.6) is 0 Å². The summed E-state index contributed by atoms with van der Waals surface area (Å²) >= 11 is 0. The van der Waals surface area contributed by atoms with Crippen molar-refractivity contribution in [3.63, 3.8) is 0 Å². The van der Waals surface area contributed by atoms with Gasteiger partial charge in [0, 0.05) is 38.3 Å². The fourth-order valence-electron chi connectivity index (χ4n) is 3.93. The molecular weight excluding hydrogens is 236 g/mol. The van der Waals surface area contributed by atoms with Gasteiger partial charge in [0.25, 0.3) is 0 Å². The van der Waals surface area contributed by atoms with E-state index in [1.165, 1.54) is 51.6 Å². The molecule has 3 unspecified atom stereocenters. The lowest BCUT2D eigenvalue weighted by Gasteiger charge is -2.47. The molecule has 0 amide bonds. The van der Waals surface area contributed by atoms with Crippen molar-refractivity contribution in [3.8, 4) is 0 Å². The van der Waals surface area contributed by atoms with Crippen LogP contribution in [0, 0.1) is 5.92 Å². The van der Waals surface area contributed by atoms with Gasteiger partial charge in [-0.2, -0.15) is 0 Å². The second-order valence-corrected chi connectivity index (χ2v) is 6.48. The molecule has 0 aromatic heterocycles. The number of rotatable bonds is 5. The highest BCUT2D eigenvalue weighted by Gasteiger charge is 2.35. The summed E-state index contributed by atoms with van der Waals surface area (Å²) in [6.45, 7) is 7.86. The molecule has 3 heteroatoms. The summed E-state index contributed by atoms with van der Waals surface area (Å²) in [5.41, 5.74) is 0. The first kappa shape index (κ1) is 15.3. The minimum atomic E-state index is 0.549. The molecule has 0 spiro atoms. The van der Waals surface area contributed by atoms with Gasteiger partial charge in [-0.1, -0.05) is 26.2 Å². The fraction of sp³-hybridized carbons (Fsp3) is 1.00. The van der Waals surface area contributed by atoms with Crippen molar-refractivity contribution in [1.82, 2.24) is 10.2 Å². The maximum Gasteiger partial charge on any atom is 0.0615 e. The molecule has 19 heavy (non-hydrogen) atoms. The average Bonchev–Trinajstić information content (AvgIpc) is 2.47.